The molecule has 2 N–H and O–H groups in total. The van der Waals surface area contributed by atoms with Crippen LogP contribution in [-0.2, 0) is 5.41 Å². The van der Waals surface area contributed by atoms with Crippen LogP contribution in [-0.4, -0.2) is 49.3 Å². The third kappa shape index (κ3) is 4.53. The summed E-state index contributed by atoms with van der Waals surface area (Å²) in [6.07, 6.45) is 2.30. The largest absolute Gasteiger partial charge is 0.396 e. The lowest BCUT2D eigenvalue weighted by atomic mass is 9.81. The fourth-order valence-electron chi connectivity index (χ4n) is 3.33. The van der Waals surface area contributed by atoms with Gasteiger partial charge in [0, 0.05) is 31.7 Å². The van der Waals surface area contributed by atoms with E-state index in [1.54, 1.807) is 0 Å². The number of benzene rings is 1. The molecule has 2 rings (SSSR count). The molecule has 21 heavy (non-hydrogen) atoms. The summed E-state index contributed by atoms with van der Waals surface area (Å²) in [4.78, 5) is 2.52. The fraction of sp³-hybridized carbons (Fsp3) is 0.667. The molecule has 1 aliphatic heterocycles. The van der Waals surface area contributed by atoms with Crippen LogP contribution in [0.15, 0.2) is 30.3 Å². The van der Waals surface area contributed by atoms with E-state index in [2.05, 4.69) is 54.4 Å². The number of likely N-dealkylation sites (tertiary alicyclic amines) is 1. The molecule has 0 saturated carbocycles. The van der Waals surface area contributed by atoms with Crippen LogP contribution in [0.5, 0.6) is 0 Å². The van der Waals surface area contributed by atoms with E-state index in [-0.39, 0.29) is 5.41 Å². The van der Waals surface area contributed by atoms with E-state index in [1.807, 2.05) is 0 Å². The Morgan fingerprint density at radius 2 is 2.10 bits per heavy atom. The second kappa shape index (κ2) is 7.92. The minimum atomic E-state index is 0.126. The maximum absolute atomic E-state index is 9.33. The fourth-order valence-corrected chi connectivity index (χ4v) is 3.33. The molecule has 0 aromatic heterocycles. The van der Waals surface area contributed by atoms with Crippen molar-refractivity contribution in [3.8, 4) is 0 Å². The number of nitrogens with one attached hydrogen (secondary N) is 1. The SMILES string of the molecule is CCCNCC(C)(CN1CCC(CO)C1)c1ccccc1. The maximum atomic E-state index is 9.33. The van der Waals surface area contributed by atoms with Crippen molar-refractivity contribution < 1.29 is 5.11 Å². The highest BCUT2D eigenvalue weighted by Crippen LogP contribution is 2.27. The Morgan fingerprint density at radius 3 is 2.71 bits per heavy atom. The lowest BCUT2D eigenvalue weighted by molar-refractivity contribution is 0.205. The molecule has 0 spiro atoms. The molecule has 1 aliphatic rings. The lowest BCUT2D eigenvalue weighted by Gasteiger charge is -2.35. The molecule has 0 radical (unpaired) electrons. The van der Waals surface area contributed by atoms with Crippen LogP contribution in [0.25, 0.3) is 0 Å². The number of aliphatic hydroxyl groups excluding tert-OH is 1. The molecule has 0 bridgehead atoms. The van der Waals surface area contributed by atoms with Gasteiger partial charge >= 0.3 is 0 Å². The summed E-state index contributed by atoms with van der Waals surface area (Å²) in [6, 6.07) is 10.8. The highest BCUT2D eigenvalue weighted by atomic mass is 16.3. The number of hydrogen-bond donors (Lipinski definition) is 2. The van der Waals surface area contributed by atoms with Crippen molar-refractivity contribution in [3.05, 3.63) is 35.9 Å². The molecule has 1 aromatic carbocycles. The zero-order chi connectivity index (χ0) is 15.1. The topological polar surface area (TPSA) is 35.5 Å². The Morgan fingerprint density at radius 1 is 1.33 bits per heavy atom. The molecular weight excluding hydrogens is 260 g/mol. The van der Waals surface area contributed by atoms with Crippen molar-refractivity contribution in [1.29, 1.82) is 0 Å². The van der Waals surface area contributed by atoms with Crippen LogP contribution < -0.4 is 5.32 Å². The Hall–Kier alpha value is -0.900. The zero-order valence-corrected chi connectivity index (χ0v) is 13.5. The van der Waals surface area contributed by atoms with E-state index in [9.17, 15) is 5.11 Å². The highest BCUT2D eigenvalue weighted by Gasteiger charge is 2.32. The van der Waals surface area contributed by atoms with E-state index >= 15 is 0 Å². The van der Waals surface area contributed by atoms with Crippen molar-refractivity contribution in [1.82, 2.24) is 10.2 Å². The van der Waals surface area contributed by atoms with Gasteiger partial charge in [-0.05, 0) is 37.4 Å². The molecule has 0 aliphatic carbocycles. The Bertz CT molecular complexity index is 409. The summed E-state index contributed by atoms with van der Waals surface area (Å²) in [7, 11) is 0. The first-order chi connectivity index (χ1) is 10.2. The minimum Gasteiger partial charge on any atom is -0.396 e. The van der Waals surface area contributed by atoms with E-state index in [0.717, 1.165) is 39.1 Å². The van der Waals surface area contributed by atoms with Crippen LogP contribution in [0.1, 0.15) is 32.3 Å². The Balaban J connectivity index is 2.05. The molecule has 2 atom stereocenters. The quantitative estimate of drug-likeness (QED) is 0.721. The van der Waals surface area contributed by atoms with Crippen LogP contribution in [0, 0.1) is 5.92 Å². The molecule has 1 saturated heterocycles. The second-order valence-electron chi connectivity index (χ2n) is 6.68. The summed E-state index contributed by atoms with van der Waals surface area (Å²) in [5.74, 6) is 0.466. The summed E-state index contributed by atoms with van der Waals surface area (Å²) in [5.41, 5.74) is 1.53. The molecular formula is C18H30N2O. The standard InChI is InChI=1S/C18H30N2O/c1-3-10-19-14-18(2,17-7-5-4-6-8-17)15-20-11-9-16(12-20)13-21/h4-8,16,19,21H,3,9-15H2,1-2H3. The van der Waals surface area contributed by atoms with Crippen LogP contribution >= 0.6 is 0 Å². The van der Waals surface area contributed by atoms with Crippen molar-refractivity contribution in [3.63, 3.8) is 0 Å². The van der Waals surface area contributed by atoms with Gasteiger partial charge in [-0.3, -0.25) is 0 Å². The van der Waals surface area contributed by atoms with E-state index < -0.39 is 0 Å². The predicted octanol–water partition coefficient (Wildman–Crippen LogP) is 2.26. The van der Waals surface area contributed by atoms with Crippen molar-refractivity contribution in [2.24, 2.45) is 5.92 Å². The molecule has 118 valence electrons. The van der Waals surface area contributed by atoms with Gasteiger partial charge in [0.25, 0.3) is 0 Å². The van der Waals surface area contributed by atoms with Gasteiger partial charge in [-0.25, -0.2) is 0 Å². The van der Waals surface area contributed by atoms with Crippen LogP contribution in [0.4, 0.5) is 0 Å². The molecule has 2 unspecified atom stereocenters. The van der Waals surface area contributed by atoms with Gasteiger partial charge in [0.05, 0.1) is 0 Å². The molecule has 1 fully saturated rings. The van der Waals surface area contributed by atoms with E-state index in [0.29, 0.717) is 12.5 Å². The average molecular weight is 290 g/mol. The van der Waals surface area contributed by atoms with Gasteiger partial charge < -0.3 is 15.3 Å². The third-order valence-electron chi connectivity index (χ3n) is 4.61. The van der Waals surface area contributed by atoms with Crippen LogP contribution in [0.3, 0.4) is 0 Å². The number of nitrogens with zero attached hydrogens (tertiary/aromatic N) is 1. The monoisotopic (exact) mass is 290 g/mol. The van der Waals surface area contributed by atoms with Crippen molar-refractivity contribution in [2.45, 2.75) is 32.1 Å². The van der Waals surface area contributed by atoms with E-state index in [1.165, 1.54) is 12.0 Å². The Labute approximate surface area is 129 Å². The molecule has 1 heterocycles. The first-order valence-electron chi connectivity index (χ1n) is 8.27. The summed E-state index contributed by atoms with van der Waals surface area (Å²) in [6.45, 7) is 10.2. The lowest BCUT2D eigenvalue weighted by Crippen LogP contribution is -2.45. The van der Waals surface area contributed by atoms with Gasteiger partial charge in [0.1, 0.15) is 0 Å². The van der Waals surface area contributed by atoms with Gasteiger partial charge in [-0.15, -0.1) is 0 Å². The summed E-state index contributed by atoms with van der Waals surface area (Å²) in [5, 5.41) is 12.9. The first-order valence-corrected chi connectivity index (χ1v) is 8.27. The smallest absolute Gasteiger partial charge is 0.0471 e. The van der Waals surface area contributed by atoms with Gasteiger partial charge in [0.2, 0.25) is 0 Å². The van der Waals surface area contributed by atoms with Crippen LogP contribution in [0.2, 0.25) is 0 Å². The number of hydrogen-bond acceptors (Lipinski definition) is 3. The number of rotatable bonds is 8. The van der Waals surface area contributed by atoms with Crippen molar-refractivity contribution >= 4 is 0 Å². The van der Waals surface area contributed by atoms with Crippen molar-refractivity contribution in [2.75, 3.05) is 39.3 Å². The Kier molecular flexibility index (Phi) is 6.22. The second-order valence-corrected chi connectivity index (χ2v) is 6.68. The predicted molar refractivity (Wildman–Crippen MR) is 88.6 cm³/mol. The number of aliphatic hydroxyl groups is 1. The highest BCUT2D eigenvalue weighted by molar-refractivity contribution is 5.25. The normalized spacial score (nSPS) is 22.3. The minimum absolute atomic E-state index is 0.126. The first kappa shape index (κ1) is 16.5. The molecule has 3 nitrogen and oxygen atoms in total. The molecule has 3 heteroatoms. The molecule has 0 amide bonds. The third-order valence-corrected chi connectivity index (χ3v) is 4.61. The maximum Gasteiger partial charge on any atom is 0.0471 e. The molecule has 1 aromatic rings. The average Bonchev–Trinajstić information content (AvgIpc) is 2.96. The van der Waals surface area contributed by atoms with Gasteiger partial charge in [-0.2, -0.15) is 0 Å². The van der Waals surface area contributed by atoms with Gasteiger partial charge in [0.15, 0.2) is 0 Å². The summed E-state index contributed by atoms with van der Waals surface area (Å²) < 4.78 is 0. The van der Waals surface area contributed by atoms with Gasteiger partial charge in [-0.1, -0.05) is 44.2 Å². The van der Waals surface area contributed by atoms with E-state index in [4.69, 9.17) is 0 Å². The zero-order valence-electron chi connectivity index (χ0n) is 13.5. The summed E-state index contributed by atoms with van der Waals surface area (Å²) >= 11 is 0.